The molecule has 0 aliphatic carbocycles. The molecule has 1 heterocycles. The van der Waals surface area contributed by atoms with E-state index in [9.17, 15) is 4.79 Å². The van der Waals surface area contributed by atoms with Gasteiger partial charge in [-0.05, 0) is 22.4 Å². The van der Waals surface area contributed by atoms with Gasteiger partial charge in [0.05, 0.1) is 6.42 Å². The van der Waals surface area contributed by atoms with Crippen molar-refractivity contribution in [3.05, 3.63) is 54.4 Å². The molecule has 0 atom stereocenters. The Kier molecular flexibility index (Phi) is 5.00. The van der Waals surface area contributed by atoms with Crippen LogP contribution in [0.5, 0.6) is 0 Å². The number of benzene rings is 1. The Morgan fingerprint density at radius 2 is 2.15 bits per heavy atom. The second-order valence-corrected chi connectivity index (χ2v) is 4.32. The van der Waals surface area contributed by atoms with Crippen LogP contribution in [0.1, 0.15) is 11.4 Å². The third kappa shape index (κ3) is 4.01. The maximum absolute atomic E-state index is 11.6. The molecular weight excluding hydrogens is 254 g/mol. The molecule has 0 aliphatic rings. The number of rotatable bonds is 7. The van der Waals surface area contributed by atoms with Crippen molar-refractivity contribution in [3.63, 3.8) is 0 Å². The molecule has 6 nitrogen and oxygen atoms in total. The standard InChI is InChI=1S/C14H17N5O/c1-2-9-15-14(20)11-13-16-17-18-19(13)10-8-12-6-4-3-5-7-12/h2-7H,1,8-11H2,(H,15,20). The molecular formula is C14H17N5O. The van der Waals surface area contributed by atoms with Gasteiger partial charge in [-0.2, -0.15) is 0 Å². The molecule has 0 aliphatic heterocycles. The maximum Gasteiger partial charge on any atom is 0.227 e. The summed E-state index contributed by atoms with van der Waals surface area (Å²) in [7, 11) is 0. The number of carbonyl (C=O) groups excluding carboxylic acids is 1. The Hall–Kier alpha value is -2.50. The number of tetrazole rings is 1. The van der Waals surface area contributed by atoms with Crippen molar-refractivity contribution in [2.75, 3.05) is 6.54 Å². The van der Waals surface area contributed by atoms with E-state index in [4.69, 9.17) is 0 Å². The van der Waals surface area contributed by atoms with Gasteiger partial charge in [-0.1, -0.05) is 36.4 Å². The van der Waals surface area contributed by atoms with Crippen LogP contribution in [-0.4, -0.2) is 32.7 Å². The summed E-state index contributed by atoms with van der Waals surface area (Å²) in [5.74, 6) is 0.461. The molecule has 20 heavy (non-hydrogen) atoms. The molecule has 0 saturated heterocycles. The number of nitrogens with one attached hydrogen (secondary N) is 1. The number of amides is 1. The fourth-order valence-electron chi connectivity index (χ4n) is 1.80. The third-order valence-corrected chi connectivity index (χ3v) is 2.82. The van der Waals surface area contributed by atoms with Crippen molar-refractivity contribution in [1.29, 1.82) is 0 Å². The second kappa shape index (κ2) is 7.18. The molecule has 1 amide bonds. The summed E-state index contributed by atoms with van der Waals surface area (Å²) in [5, 5.41) is 14.1. The lowest BCUT2D eigenvalue weighted by Crippen LogP contribution is -2.26. The van der Waals surface area contributed by atoms with E-state index >= 15 is 0 Å². The van der Waals surface area contributed by atoms with E-state index in [1.165, 1.54) is 5.56 Å². The average Bonchev–Trinajstić information content (AvgIpc) is 2.91. The number of carbonyl (C=O) groups is 1. The Labute approximate surface area is 117 Å². The summed E-state index contributed by atoms with van der Waals surface area (Å²) in [6.07, 6.45) is 2.64. The van der Waals surface area contributed by atoms with Gasteiger partial charge in [0.2, 0.25) is 5.91 Å². The molecule has 1 aromatic heterocycles. The summed E-state index contributed by atoms with van der Waals surface area (Å²) in [6.45, 7) is 4.65. The molecule has 104 valence electrons. The van der Waals surface area contributed by atoms with Gasteiger partial charge >= 0.3 is 0 Å². The van der Waals surface area contributed by atoms with E-state index < -0.39 is 0 Å². The minimum absolute atomic E-state index is 0.110. The highest BCUT2D eigenvalue weighted by atomic mass is 16.1. The minimum Gasteiger partial charge on any atom is -0.352 e. The SMILES string of the molecule is C=CCNC(=O)Cc1nnnn1CCc1ccccc1. The van der Waals surface area contributed by atoms with E-state index in [-0.39, 0.29) is 12.3 Å². The first-order valence-corrected chi connectivity index (χ1v) is 6.46. The third-order valence-electron chi connectivity index (χ3n) is 2.82. The topological polar surface area (TPSA) is 72.7 Å². The smallest absolute Gasteiger partial charge is 0.227 e. The Bertz CT molecular complexity index is 564. The van der Waals surface area contributed by atoms with Crippen molar-refractivity contribution in [3.8, 4) is 0 Å². The maximum atomic E-state index is 11.6. The van der Waals surface area contributed by atoms with Crippen LogP contribution in [0.4, 0.5) is 0 Å². The monoisotopic (exact) mass is 271 g/mol. The highest BCUT2D eigenvalue weighted by Gasteiger charge is 2.10. The summed E-state index contributed by atoms with van der Waals surface area (Å²) >= 11 is 0. The number of aryl methyl sites for hydroxylation is 2. The molecule has 0 radical (unpaired) electrons. The van der Waals surface area contributed by atoms with Crippen LogP contribution in [0.25, 0.3) is 0 Å². The summed E-state index contributed by atoms with van der Waals surface area (Å²) in [4.78, 5) is 11.6. The van der Waals surface area contributed by atoms with Crippen LogP contribution in [0.3, 0.4) is 0 Å². The predicted octanol–water partition coefficient (Wildman–Crippen LogP) is 0.760. The lowest BCUT2D eigenvalue weighted by atomic mass is 10.1. The lowest BCUT2D eigenvalue weighted by molar-refractivity contribution is -0.120. The zero-order valence-electron chi connectivity index (χ0n) is 11.2. The normalized spacial score (nSPS) is 10.2. The van der Waals surface area contributed by atoms with Gasteiger partial charge in [-0.15, -0.1) is 11.7 Å². The molecule has 0 spiro atoms. The molecule has 0 saturated carbocycles. The van der Waals surface area contributed by atoms with Crippen LogP contribution in [0.15, 0.2) is 43.0 Å². The van der Waals surface area contributed by atoms with Crippen molar-refractivity contribution in [2.24, 2.45) is 0 Å². The van der Waals surface area contributed by atoms with Crippen LogP contribution >= 0.6 is 0 Å². The van der Waals surface area contributed by atoms with E-state index in [0.29, 0.717) is 18.9 Å². The first kappa shape index (κ1) is 13.9. The highest BCUT2D eigenvalue weighted by Crippen LogP contribution is 2.02. The fraction of sp³-hybridized carbons (Fsp3) is 0.286. The lowest BCUT2D eigenvalue weighted by Gasteiger charge is -2.05. The first-order chi connectivity index (χ1) is 9.79. The predicted molar refractivity (Wildman–Crippen MR) is 74.9 cm³/mol. The van der Waals surface area contributed by atoms with Crippen LogP contribution < -0.4 is 5.32 Å². The molecule has 0 fully saturated rings. The first-order valence-electron chi connectivity index (χ1n) is 6.46. The van der Waals surface area contributed by atoms with E-state index in [1.807, 2.05) is 18.2 Å². The van der Waals surface area contributed by atoms with Crippen molar-refractivity contribution >= 4 is 5.91 Å². The molecule has 6 heteroatoms. The van der Waals surface area contributed by atoms with Crippen LogP contribution in [0, 0.1) is 0 Å². The quantitative estimate of drug-likeness (QED) is 0.755. The van der Waals surface area contributed by atoms with Gasteiger partial charge in [0.1, 0.15) is 0 Å². The summed E-state index contributed by atoms with van der Waals surface area (Å²) < 4.78 is 1.67. The highest BCUT2D eigenvalue weighted by molar-refractivity contribution is 5.77. The van der Waals surface area contributed by atoms with Gasteiger partial charge in [-0.25, -0.2) is 4.68 Å². The number of hydrogen-bond donors (Lipinski definition) is 1. The molecule has 2 rings (SSSR count). The van der Waals surface area contributed by atoms with E-state index in [2.05, 4.69) is 39.6 Å². The number of aromatic nitrogens is 4. The zero-order chi connectivity index (χ0) is 14.2. The zero-order valence-corrected chi connectivity index (χ0v) is 11.2. The van der Waals surface area contributed by atoms with Gasteiger partial charge in [0.25, 0.3) is 0 Å². The van der Waals surface area contributed by atoms with Crippen molar-refractivity contribution in [2.45, 2.75) is 19.4 Å². The molecule has 1 aromatic carbocycles. The molecule has 2 aromatic rings. The van der Waals surface area contributed by atoms with Crippen molar-refractivity contribution in [1.82, 2.24) is 25.5 Å². The molecule has 1 N–H and O–H groups in total. The van der Waals surface area contributed by atoms with Gasteiger partial charge in [0.15, 0.2) is 5.82 Å². The van der Waals surface area contributed by atoms with Crippen LogP contribution in [-0.2, 0) is 24.2 Å². The average molecular weight is 271 g/mol. The van der Waals surface area contributed by atoms with E-state index in [0.717, 1.165) is 6.42 Å². The van der Waals surface area contributed by atoms with E-state index in [1.54, 1.807) is 10.8 Å². The fourth-order valence-corrected chi connectivity index (χ4v) is 1.80. The largest absolute Gasteiger partial charge is 0.352 e. The number of hydrogen-bond acceptors (Lipinski definition) is 4. The Morgan fingerprint density at radius 1 is 1.35 bits per heavy atom. The van der Waals surface area contributed by atoms with Gasteiger partial charge < -0.3 is 5.32 Å². The Morgan fingerprint density at radius 3 is 2.90 bits per heavy atom. The van der Waals surface area contributed by atoms with Crippen molar-refractivity contribution < 1.29 is 4.79 Å². The Balaban J connectivity index is 1.91. The van der Waals surface area contributed by atoms with Gasteiger partial charge in [-0.3, -0.25) is 4.79 Å². The summed E-state index contributed by atoms with van der Waals surface area (Å²) in [5.41, 5.74) is 1.21. The molecule has 0 unspecified atom stereocenters. The molecule has 0 bridgehead atoms. The number of nitrogens with zero attached hydrogens (tertiary/aromatic N) is 4. The van der Waals surface area contributed by atoms with Gasteiger partial charge in [0, 0.05) is 13.1 Å². The second-order valence-electron chi connectivity index (χ2n) is 4.32. The summed E-state index contributed by atoms with van der Waals surface area (Å²) in [6, 6.07) is 10.1. The minimum atomic E-state index is -0.110. The van der Waals surface area contributed by atoms with Crippen LogP contribution in [0.2, 0.25) is 0 Å².